The molecule has 0 radical (unpaired) electrons. The number of rotatable bonds is 7. The molecular formula is C17H24N2O2. The first-order chi connectivity index (χ1) is 10.3. The second-order valence-corrected chi connectivity index (χ2v) is 6.06. The van der Waals surface area contributed by atoms with E-state index in [1.54, 1.807) is 7.11 Å². The number of hydrogen-bond acceptors (Lipinski definition) is 3. The summed E-state index contributed by atoms with van der Waals surface area (Å²) in [6.07, 6.45) is 6.10. The van der Waals surface area contributed by atoms with Gasteiger partial charge in [0.05, 0.1) is 7.11 Å². The Morgan fingerprint density at radius 3 is 2.95 bits per heavy atom. The minimum absolute atomic E-state index is 0.202. The Balaban J connectivity index is 1.43. The molecule has 4 nitrogen and oxygen atoms in total. The first-order valence-electron chi connectivity index (χ1n) is 7.96. The van der Waals surface area contributed by atoms with Crippen molar-refractivity contribution in [1.29, 1.82) is 0 Å². The zero-order valence-corrected chi connectivity index (χ0v) is 12.7. The van der Waals surface area contributed by atoms with E-state index in [2.05, 4.69) is 22.8 Å². The number of nitrogens with one attached hydrogen (secondary N) is 2. The molecule has 1 unspecified atom stereocenters. The smallest absolute Gasteiger partial charge is 0.220 e. The van der Waals surface area contributed by atoms with Crippen molar-refractivity contribution < 1.29 is 9.53 Å². The Bertz CT molecular complexity index is 512. The standard InChI is InChI=1S/C17H24N2O2/c1-21-14-8-4-12-5-9-16(15(12)11-14)18-10-2-3-17(20)19-13-6-7-13/h4,8,11,13,16,18H,2-3,5-7,9-10H2,1H3,(H,19,20). The van der Waals surface area contributed by atoms with Crippen LogP contribution in [0.25, 0.3) is 0 Å². The highest BCUT2D eigenvalue weighted by atomic mass is 16.5. The highest BCUT2D eigenvalue weighted by Gasteiger charge is 2.24. The zero-order chi connectivity index (χ0) is 14.7. The molecule has 0 heterocycles. The van der Waals surface area contributed by atoms with Gasteiger partial charge in [-0.25, -0.2) is 0 Å². The van der Waals surface area contributed by atoms with Crippen molar-refractivity contribution in [3.05, 3.63) is 29.3 Å². The number of carbonyl (C=O) groups excluding carboxylic acids is 1. The maximum absolute atomic E-state index is 11.6. The minimum atomic E-state index is 0.202. The number of fused-ring (bicyclic) bond motifs is 1. The first-order valence-corrected chi connectivity index (χ1v) is 7.96. The summed E-state index contributed by atoms with van der Waals surface area (Å²) in [4.78, 5) is 11.6. The molecule has 21 heavy (non-hydrogen) atoms. The van der Waals surface area contributed by atoms with Crippen molar-refractivity contribution in [1.82, 2.24) is 10.6 Å². The van der Waals surface area contributed by atoms with E-state index in [0.29, 0.717) is 18.5 Å². The largest absolute Gasteiger partial charge is 0.497 e. The normalized spacial score (nSPS) is 20.1. The molecule has 1 aromatic rings. The van der Waals surface area contributed by atoms with Gasteiger partial charge in [0.25, 0.3) is 0 Å². The number of methoxy groups -OCH3 is 1. The molecule has 0 spiro atoms. The van der Waals surface area contributed by atoms with E-state index in [1.807, 2.05) is 6.07 Å². The van der Waals surface area contributed by atoms with Gasteiger partial charge in [0.1, 0.15) is 5.75 Å². The summed E-state index contributed by atoms with van der Waals surface area (Å²) in [6, 6.07) is 7.21. The first kappa shape index (κ1) is 14.4. The number of benzene rings is 1. The van der Waals surface area contributed by atoms with Gasteiger partial charge in [0.2, 0.25) is 5.91 Å². The third kappa shape index (κ3) is 3.76. The van der Waals surface area contributed by atoms with Crippen LogP contribution in [0.15, 0.2) is 18.2 Å². The summed E-state index contributed by atoms with van der Waals surface area (Å²) < 4.78 is 5.31. The molecular weight excluding hydrogens is 264 g/mol. The zero-order valence-electron chi connectivity index (χ0n) is 12.7. The van der Waals surface area contributed by atoms with Crippen LogP contribution in [0, 0.1) is 0 Å². The molecule has 3 rings (SSSR count). The molecule has 0 bridgehead atoms. The second kappa shape index (κ2) is 6.48. The third-order valence-electron chi connectivity index (χ3n) is 4.34. The Kier molecular flexibility index (Phi) is 4.44. The fourth-order valence-corrected chi connectivity index (χ4v) is 2.97. The van der Waals surface area contributed by atoms with Crippen molar-refractivity contribution in [2.24, 2.45) is 0 Å². The average molecular weight is 288 g/mol. The predicted molar refractivity (Wildman–Crippen MR) is 82.5 cm³/mol. The second-order valence-electron chi connectivity index (χ2n) is 6.06. The van der Waals surface area contributed by atoms with Crippen LogP contribution < -0.4 is 15.4 Å². The van der Waals surface area contributed by atoms with Crippen LogP contribution in [0.4, 0.5) is 0 Å². The summed E-state index contributed by atoms with van der Waals surface area (Å²) in [7, 11) is 1.71. The van der Waals surface area contributed by atoms with E-state index in [-0.39, 0.29) is 5.91 Å². The Morgan fingerprint density at radius 2 is 2.19 bits per heavy atom. The van der Waals surface area contributed by atoms with E-state index in [4.69, 9.17) is 4.74 Å². The van der Waals surface area contributed by atoms with Gasteiger partial charge in [-0.3, -0.25) is 4.79 Å². The quantitative estimate of drug-likeness (QED) is 0.757. The van der Waals surface area contributed by atoms with Gasteiger partial charge in [0, 0.05) is 18.5 Å². The highest BCUT2D eigenvalue weighted by molar-refractivity contribution is 5.76. The molecule has 4 heteroatoms. The lowest BCUT2D eigenvalue weighted by molar-refractivity contribution is -0.121. The summed E-state index contributed by atoms with van der Waals surface area (Å²) in [5.41, 5.74) is 2.77. The van der Waals surface area contributed by atoms with E-state index in [9.17, 15) is 4.79 Å². The van der Waals surface area contributed by atoms with Gasteiger partial charge < -0.3 is 15.4 Å². The van der Waals surface area contributed by atoms with Gasteiger partial charge in [-0.05, 0) is 61.9 Å². The SMILES string of the molecule is COc1ccc2c(c1)C(NCCCC(=O)NC1CC1)CC2. The fraction of sp³-hybridized carbons (Fsp3) is 0.588. The van der Waals surface area contributed by atoms with Crippen LogP contribution in [0.1, 0.15) is 49.3 Å². The molecule has 1 atom stereocenters. The molecule has 0 saturated heterocycles. The molecule has 2 aliphatic rings. The average Bonchev–Trinajstić information content (AvgIpc) is 3.22. The van der Waals surface area contributed by atoms with Crippen LogP contribution in [-0.4, -0.2) is 25.6 Å². The lowest BCUT2D eigenvalue weighted by Crippen LogP contribution is -2.27. The number of hydrogen-bond donors (Lipinski definition) is 2. The molecule has 1 fully saturated rings. The molecule has 1 saturated carbocycles. The molecule has 0 aliphatic heterocycles. The maximum Gasteiger partial charge on any atom is 0.220 e. The Hall–Kier alpha value is -1.55. The third-order valence-corrected chi connectivity index (χ3v) is 4.34. The number of carbonyl (C=O) groups is 1. The fourth-order valence-electron chi connectivity index (χ4n) is 2.97. The van der Waals surface area contributed by atoms with Gasteiger partial charge in [-0.2, -0.15) is 0 Å². The van der Waals surface area contributed by atoms with Crippen LogP contribution in [0.5, 0.6) is 5.75 Å². The van der Waals surface area contributed by atoms with Gasteiger partial charge in [-0.1, -0.05) is 6.07 Å². The van der Waals surface area contributed by atoms with E-state index in [1.165, 1.54) is 11.1 Å². The van der Waals surface area contributed by atoms with Gasteiger partial charge in [0.15, 0.2) is 0 Å². The number of ether oxygens (including phenoxy) is 1. The maximum atomic E-state index is 11.6. The monoisotopic (exact) mass is 288 g/mol. The molecule has 0 aromatic heterocycles. The lowest BCUT2D eigenvalue weighted by Gasteiger charge is -2.14. The molecule has 114 valence electrons. The summed E-state index contributed by atoms with van der Waals surface area (Å²) in [6.45, 7) is 0.888. The predicted octanol–water partition coefficient (Wildman–Crippen LogP) is 2.33. The summed E-state index contributed by atoms with van der Waals surface area (Å²) in [5, 5.41) is 6.61. The highest BCUT2D eigenvalue weighted by Crippen LogP contribution is 2.33. The van der Waals surface area contributed by atoms with E-state index < -0.39 is 0 Å². The molecule has 2 aliphatic carbocycles. The Labute approximate surface area is 126 Å². The van der Waals surface area contributed by atoms with Crippen molar-refractivity contribution in [3.63, 3.8) is 0 Å². The van der Waals surface area contributed by atoms with Crippen LogP contribution in [-0.2, 0) is 11.2 Å². The van der Waals surface area contributed by atoms with E-state index >= 15 is 0 Å². The van der Waals surface area contributed by atoms with Crippen molar-refractivity contribution in [2.75, 3.05) is 13.7 Å². The van der Waals surface area contributed by atoms with Crippen molar-refractivity contribution >= 4 is 5.91 Å². The summed E-state index contributed by atoms with van der Waals surface area (Å²) >= 11 is 0. The van der Waals surface area contributed by atoms with Crippen LogP contribution >= 0.6 is 0 Å². The lowest BCUT2D eigenvalue weighted by atomic mass is 10.1. The molecule has 1 amide bonds. The minimum Gasteiger partial charge on any atom is -0.497 e. The Morgan fingerprint density at radius 1 is 1.33 bits per heavy atom. The topological polar surface area (TPSA) is 50.4 Å². The molecule has 2 N–H and O–H groups in total. The number of amides is 1. The number of aryl methyl sites for hydroxylation is 1. The van der Waals surface area contributed by atoms with Crippen molar-refractivity contribution in [3.8, 4) is 5.75 Å². The van der Waals surface area contributed by atoms with Gasteiger partial charge >= 0.3 is 0 Å². The van der Waals surface area contributed by atoms with Gasteiger partial charge in [-0.15, -0.1) is 0 Å². The van der Waals surface area contributed by atoms with E-state index in [0.717, 1.165) is 44.4 Å². The summed E-state index contributed by atoms with van der Waals surface area (Å²) in [5.74, 6) is 1.12. The van der Waals surface area contributed by atoms with Crippen LogP contribution in [0.3, 0.4) is 0 Å². The van der Waals surface area contributed by atoms with Crippen molar-refractivity contribution in [2.45, 2.75) is 50.6 Å². The van der Waals surface area contributed by atoms with Crippen LogP contribution in [0.2, 0.25) is 0 Å². The molecule has 1 aromatic carbocycles.